The molecule has 2 rings (SSSR count). The van der Waals surface area contributed by atoms with Crippen LogP contribution in [-0.2, 0) is 6.54 Å². The van der Waals surface area contributed by atoms with Crippen LogP contribution in [0.5, 0.6) is 0 Å². The number of rotatable bonds is 5. The normalized spacial score (nSPS) is 11.1. The zero-order valence-corrected chi connectivity index (χ0v) is 12.2. The molecule has 0 aliphatic heterocycles. The molecule has 0 bridgehead atoms. The molecule has 96 valence electrons. The Labute approximate surface area is 116 Å². The predicted octanol–water partition coefficient (Wildman–Crippen LogP) is 3.85. The topological polar surface area (TPSA) is 38.1 Å². The van der Waals surface area contributed by atoms with Gasteiger partial charge in [-0.05, 0) is 24.6 Å². The Balaban J connectivity index is 2.15. The number of nitrogens with one attached hydrogen (secondary N) is 1. The van der Waals surface area contributed by atoms with Gasteiger partial charge in [0.1, 0.15) is 0 Å². The van der Waals surface area contributed by atoms with E-state index in [1.54, 1.807) is 6.20 Å². The first-order valence-electron chi connectivity index (χ1n) is 6.07. The average molecular weight is 309 g/mol. The Morgan fingerprint density at radius 3 is 2.83 bits per heavy atom. The Bertz CT molecular complexity index is 508. The fourth-order valence-electron chi connectivity index (χ4n) is 1.75. The summed E-state index contributed by atoms with van der Waals surface area (Å²) < 4.78 is 6.39. The second-order valence-corrected chi connectivity index (χ2v) is 5.54. The van der Waals surface area contributed by atoms with E-state index in [1.165, 1.54) is 0 Å². The molecule has 0 saturated heterocycles. The van der Waals surface area contributed by atoms with E-state index in [0.29, 0.717) is 5.92 Å². The van der Waals surface area contributed by atoms with Crippen molar-refractivity contribution >= 4 is 15.9 Å². The van der Waals surface area contributed by atoms with Gasteiger partial charge >= 0.3 is 0 Å². The molecule has 2 aromatic rings. The minimum atomic E-state index is 0.636. The first-order valence-corrected chi connectivity index (χ1v) is 6.87. The Morgan fingerprint density at radius 2 is 2.11 bits per heavy atom. The van der Waals surface area contributed by atoms with Crippen LogP contribution in [0.25, 0.3) is 11.3 Å². The van der Waals surface area contributed by atoms with Crippen LogP contribution in [0.3, 0.4) is 0 Å². The van der Waals surface area contributed by atoms with E-state index in [4.69, 9.17) is 4.52 Å². The summed E-state index contributed by atoms with van der Waals surface area (Å²) in [5, 5.41) is 7.30. The number of hydrogen-bond donors (Lipinski definition) is 1. The number of nitrogens with zero attached hydrogens (tertiary/aromatic N) is 1. The van der Waals surface area contributed by atoms with Crippen molar-refractivity contribution in [2.24, 2.45) is 5.92 Å². The summed E-state index contributed by atoms with van der Waals surface area (Å²) in [6.45, 7) is 6.14. The highest BCUT2D eigenvalue weighted by Gasteiger charge is 2.12. The molecular weight excluding hydrogens is 292 g/mol. The second kappa shape index (κ2) is 6.16. The van der Waals surface area contributed by atoms with Crippen LogP contribution in [0.2, 0.25) is 0 Å². The van der Waals surface area contributed by atoms with Crippen molar-refractivity contribution in [3.05, 3.63) is 40.5 Å². The van der Waals surface area contributed by atoms with Gasteiger partial charge in [-0.1, -0.05) is 47.1 Å². The van der Waals surface area contributed by atoms with Crippen molar-refractivity contribution in [2.75, 3.05) is 6.54 Å². The zero-order valence-electron chi connectivity index (χ0n) is 10.6. The molecule has 0 aliphatic rings. The minimum Gasteiger partial charge on any atom is -0.356 e. The van der Waals surface area contributed by atoms with Crippen LogP contribution < -0.4 is 5.32 Å². The molecule has 0 saturated carbocycles. The molecule has 0 aliphatic carbocycles. The highest BCUT2D eigenvalue weighted by molar-refractivity contribution is 9.10. The summed E-state index contributed by atoms with van der Waals surface area (Å²) in [4.78, 5) is 0. The van der Waals surface area contributed by atoms with Crippen LogP contribution in [0.4, 0.5) is 0 Å². The Morgan fingerprint density at radius 1 is 1.33 bits per heavy atom. The Hall–Kier alpha value is -1.13. The van der Waals surface area contributed by atoms with Crippen LogP contribution >= 0.6 is 15.9 Å². The average Bonchev–Trinajstić information content (AvgIpc) is 2.77. The predicted molar refractivity (Wildman–Crippen MR) is 76.2 cm³/mol. The van der Waals surface area contributed by atoms with Crippen molar-refractivity contribution in [1.82, 2.24) is 10.5 Å². The molecule has 0 fully saturated rings. The highest BCUT2D eigenvalue weighted by Crippen LogP contribution is 2.30. The van der Waals surface area contributed by atoms with Gasteiger partial charge in [0.2, 0.25) is 0 Å². The molecule has 0 spiro atoms. The van der Waals surface area contributed by atoms with Gasteiger partial charge in [0, 0.05) is 22.1 Å². The lowest BCUT2D eigenvalue weighted by Crippen LogP contribution is -2.18. The fraction of sp³-hybridized carbons (Fsp3) is 0.357. The first kappa shape index (κ1) is 13.3. The summed E-state index contributed by atoms with van der Waals surface area (Å²) in [7, 11) is 0. The van der Waals surface area contributed by atoms with E-state index in [-0.39, 0.29) is 0 Å². The zero-order chi connectivity index (χ0) is 13.0. The third-order valence-electron chi connectivity index (χ3n) is 2.63. The van der Waals surface area contributed by atoms with E-state index in [9.17, 15) is 0 Å². The molecule has 4 heteroatoms. The van der Waals surface area contributed by atoms with Crippen LogP contribution in [0, 0.1) is 5.92 Å². The smallest absolute Gasteiger partial charge is 0.172 e. The van der Waals surface area contributed by atoms with Crippen molar-refractivity contribution < 1.29 is 4.52 Å². The maximum Gasteiger partial charge on any atom is 0.172 e. The van der Waals surface area contributed by atoms with E-state index in [0.717, 1.165) is 34.4 Å². The van der Waals surface area contributed by atoms with Gasteiger partial charge in [-0.15, -0.1) is 0 Å². The van der Waals surface area contributed by atoms with Gasteiger partial charge in [0.15, 0.2) is 5.76 Å². The molecule has 0 amide bonds. The summed E-state index contributed by atoms with van der Waals surface area (Å²) in [6, 6.07) is 8.01. The largest absolute Gasteiger partial charge is 0.356 e. The maximum absolute atomic E-state index is 5.37. The van der Waals surface area contributed by atoms with Crippen molar-refractivity contribution in [3.63, 3.8) is 0 Å². The van der Waals surface area contributed by atoms with E-state index in [1.807, 2.05) is 24.3 Å². The summed E-state index contributed by atoms with van der Waals surface area (Å²) >= 11 is 3.54. The third-order valence-corrected chi connectivity index (χ3v) is 3.32. The molecule has 1 aromatic carbocycles. The quantitative estimate of drug-likeness (QED) is 0.911. The van der Waals surface area contributed by atoms with E-state index in [2.05, 4.69) is 40.3 Å². The second-order valence-electron chi connectivity index (χ2n) is 4.68. The summed E-state index contributed by atoms with van der Waals surface area (Å²) in [5.74, 6) is 1.47. The Kier molecular flexibility index (Phi) is 4.55. The monoisotopic (exact) mass is 308 g/mol. The van der Waals surface area contributed by atoms with E-state index < -0.39 is 0 Å². The molecule has 0 atom stereocenters. The van der Waals surface area contributed by atoms with Gasteiger partial charge in [0.05, 0.1) is 6.20 Å². The number of halogens is 1. The van der Waals surface area contributed by atoms with Crippen LogP contribution in [0.15, 0.2) is 39.5 Å². The summed E-state index contributed by atoms with van der Waals surface area (Å²) in [5.41, 5.74) is 2.12. The minimum absolute atomic E-state index is 0.636. The third kappa shape index (κ3) is 3.21. The van der Waals surface area contributed by atoms with Crippen molar-refractivity contribution in [1.29, 1.82) is 0 Å². The molecular formula is C14H17BrN2O. The lowest BCUT2D eigenvalue weighted by Gasteiger charge is -2.07. The van der Waals surface area contributed by atoms with E-state index >= 15 is 0 Å². The number of hydrogen-bond acceptors (Lipinski definition) is 3. The highest BCUT2D eigenvalue weighted by atomic mass is 79.9. The lowest BCUT2D eigenvalue weighted by molar-refractivity contribution is 0.431. The van der Waals surface area contributed by atoms with Crippen LogP contribution in [0.1, 0.15) is 19.4 Å². The first-order chi connectivity index (χ1) is 8.68. The molecule has 0 radical (unpaired) electrons. The van der Waals surface area contributed by atoms with Gasteiger partial charge in [0.25, 0.3) is 0 Å². The van der Waals surface area contributed by atoms with Crippen molar-refractivity contribution in [3.8, 4) is 11.3 Å². The fourth-order valence-corrected chi connectivity index (χ4v) is 2.21. The molecule has 1 N–H and O–H groups in total. The van der Waals surface area contributed by atoms with Crippen LogP contribution in [-0.4, -0.2) is 11.7 Å². The number of aromatic nitrogens is 1. The van der Waals surface area contributed by atoms with Crippen molar-refractivity contribution in [2.45, 2.75) is 20.4 Å². The van der Waals surface area contributed by atoms with Gasteiger partial charge < -0.3 is 9.84 Å². The van der Waals surface area contributed by atoms with Gasteiger partial charge in [-0.25, -0.2) is 0 Å². The lowest BCUT2D eigenvalue weighted by atomic mass is 10.1. The molecule has 3 nitrogen and oxygen atoms in total. The SMILES string of the molecule is CC(C)CNCc1cnoc1-c1ccccc1Br. The molecule has 1 heterocycles. The van der Waals surface area contributed by atoms with Gasteiger partial charge in [-0.3, -0.25) is 0 Å². The molecule has 0 unspecified atom stereocenters. The van der Waals surface area contributed by atoms with Gasteiger partial charge in [-0.2, -0.15) is 0 Å². The summed E-state index contributed by atoms with van der Waals surface area (Å²) in [6.07, 6.45) is 1.78. The molecule has 1 aromatic heterocycles. The molecule has 18 heavy (non-hydrogen) atoms. The number of benzene rings is 1. The standard InChI is InChI=1S/C14H17BrN2O/c1-10(2)7-16-8-11-9-17-18-14(11)12-5-3-4-6-13(12)15/h3-6,9-10,16H,7-8H2,1-2H3. The maximum atomic E-state index is 5.37.